The van der Waals surface area contributed by atoms with E-state index in [9.17, 15) is 14.4 Å². The van der Waals surface area contributed by atoms with Crippen LogP contribution < -0.4 is 10.6 Å². The molecule has 7 nitrogen and oxygen atoms in total. The van der Waals surface area contributed by atoms with Crippen molar-refractivity contribution < 1.29 is 19.1 Å². The topological polar surface area (TPSA) is 87.7 Å². The van der Waals surface area contributed by atoms with Crippen LogP contribution in [-0.4, -0.2) is 47.0 Å². The van der Waals surface area contributed by atoms with Gasteiger partial charge in [0.25, 0.3) is 0 Å². The van der Waals surface area contributed by atoms with Gasteiger partial charge in [0.2, 0.25) is 11.8 Å². The van der Waals surface area contributed by atoms with Crippen LogP contribution in [0.15, 0.2) is 24.3 Å². The number of hydrogen-bond donors (Lipinski definition) is 2. The van der Waals surface area contributed by atoms with Crippen LogP contribution in [0.4, 0.5) is 4.79 Å². The summed E-state index contributed by atoms with van der Waals surface area (Å²) in [6.45, 7) is 16.8. The molecular formula is C25H41N3O4. The summed E-state index contributed by atoms with van der Waals surface area (Å²) >= 11 is 0. The number of ether oxygens (including phenoxy) is 1. The predicted octanol–water partition coefficient (Wildman–Crippen LogP) is 4.35. The number of amides is 3. The first-order valence-corrected chi connectivity index (χ1v) is 11.2. The smallest absolute Gasteiger partial charge is 0.408 e. The van der Waals surface area contributed by atoms with Crippen LogP contribution in [0.25, 0.3) is 0 Å². The maximum absolute atomic E-state index is 13.6. The van der Waals surface area contributed by atoms with Gasteiger partial charge in [0.1, 0.15) is 17.7 Å². The molecule has 0 radical (unpaired) electrons. The zero-order valence-corrected chi connectivity index (χ0v) is 21.3. The van der Waals surface area contributed by atoms with Crippen LogP contribution in [0.5, 0.6) is 0 Å². The number of nitrogens with one attached hydrogen (secondary N) is 2. The fourth-order valence-electron chi connectivity index (χ4n) is 3.32. The molecule has 32 heavy (non-hydrogen) atoms. The second-order valence-corrected chi connectivity index (χ2v) is 10.5. The highest BCUT2D eigenvalue weighted by Crippen LogP contribution is 2.26. The average Bonchev–Trinajstić information content (AvgIpc) is 2.63. The van der Waals surface area contributed by atoms with Crippen LogP contribution in [0, 0.1) is 12.8 Å². The Balaban J connectivity index is 3.33. The van der Waals surface area contributed by atoms with E-state index >= 15 is 0 Å². The molecule has 0 aromatic heterocycles. The minimum atomic E-state index is -0.838. The van der Waals surface area contributed by atoms with Gasteiger partial charge in [-0.15, -0.1) is 0 Å². The van der Waals surface area contributed by atoms with Gasteiger partial charge in [-0.25, -0.2) is 4.79 Å². The minimum absolute atomic E-state index is 0.152. The second-order valence-electron chi connectivity index (χ2n) is 10.5. The molecule has 2 N–H and O–H groups in total. The maximum atomic E-state index is 13.6. The highest BCUT2D eigenvalue weighted by atomic mass is 16.6. The van der Waals surface area contributed by atoms with Gasteiger partial charge in [0.05, 0.1) is 0 Å². The molecule has 1 aromatic carbocycles. The van der Waals surface area contributed by atoms with Gasteiger partial charge in [-0.05, 0) is 65.5 Å². The van der Waals surface area contributed by atoms with Crippen molar-refractivity contribution in [2.24, 2.45) is 5.92 Å². The Morgan fingerprint density at radius 2 is 1.62 bits per heavy atom. The summed E-state index contributed by atoms with van der Waals surface area (Å²) in [5, 5.41) is 5.72. The first-order valence-electron chi connectivity index (χ1n) is 11.2. The highest BCUT2D eigenvalue weighted by Gasteiger charge is 2.37. The van der Waals surface area contributed by atoms with E-state index in [-0.39, 0.29) is 17.7 Å². The van der Waals surface area contributed by atoms with Gasteiger partial charge >= 0.3 is 6.09 Å². The Morgan fingerprint density at radius 3 is 2.09 bits per heavy atom. The lowest BCUT2D eigenvalue weighted by Crippen LogP contribution is -2.55. The van der Waals surface area contributed by atoms with Crippen molar-refractivity contribution in [1.82, 2.24) is 15.5 Å². The molecule has 0 heterocycles. The van der Waals surface area contributed by atoms with E-state index in [1.54, 1.807) is 27.8 Å². The number of carbonyl (C=O) groups excluding carboxylic acids is 3. The van der Waals surface area contributed by atoms with Crippen molar-refractivity contribution in [3.8, 4) is 0 Å². The van der Waals surface area contributed by atoms with Crippen LogP contribution in [-0.2, 0) is 14.3 Å². The zero-order chi connectivity index (χ0) is 24.9. The fourth-order valence-corrected chi connectivity index (χ4v) is 3.32. The number of carbonyl (C=O) groups is 3. The van der Waals surface area contributed by atoms with Crippen LogP contribution in [0.1, 0.15) is 79.0 Å². The van der Waals surface area contributed by atoms with Crippen LogP contribution >= 0.6 is 0 Å². The van der Waals surface area contributed by atoms with Gasteiger partial charge in [-0.2, -0.15) is 0 Å². The molecular weight excluding hydrogens is 406 g/mol. The third-order valence-electron chi connectivity index (χ3n) is 5.12. The van der Waals surface area contributed by atoms with Gasteiger partial charge in [0, 0.05) is 12.6 Å². The number of rotatable bonds is 7. The van der Waals surface area contributed by atoms with E-state index in [0.717, 1.165) is 11.1 Å². The normalized spacial score (nSPS) is 14.7. The standard InChI is InChI=1S/C25H41N3O4/c1-11-16(2)19(26-23(31)32-25(7,8)9)22(30)28(10)20(21(29)27-24(4,5)6)18-15-13-12-14-17(18)3/h12-16,19-20H,11H2,1-10H3,(H,26,31)(H,27,29). The molecule has 0 spiro atoms. The minimum Gasteiger partial charge on any atom is -0.444 e. The van der Waals surface area contributed by atoms with Gasteiger partial charge < -0.3 is 20.3 Å². The quantitative estimate of drug-likeness (QED) is 0.650. The van der Waals surface area contributed by atoms with E-state index < -0.39 is 29.3 Å². The summed E-state index contributed by atoms with van der Waals surface area (Å²) in [4.78, 5) is 40.8. The Labute approximate surface area is 193 Å². The zero-order valence-electron chi connectivity index (χ0n) is 21.3. The third-order valence-corrected chi connectivity index (χ3v) is 5.12. The average molecular weight is 448 g/mol. The monoisotopic (exact) mass is 447 g/mol. The highest BCUT2D eigenvalue weighted by molar-refractivity contribution is 5.92. The molecule has 1 aromatic rings. The summed E-state index contributed by atoms with van der Waals surface area (Å²) in [6.07, 6.45) is 0.0135. The molecule has 0 saturated carbocycles. The van der Waals surface area contributed by atoms with E-state index in [0.29, 0.717) is 6.42 Å². The lowest BCUT2D eigenvalue weighted by molar-refractivity contribution is -0.142. The number of likely N-dealkylation sites (N-methyl/N-ethyl adjacent to an activating group) is 1. The number of benzene rings is 1. The second kappa shape index (κ2) is 10.8. The lowest BCUT2D eigenvalue weighted by Gasteiger charge is -2.35. The third kappa shape index (κ3) is 8.17. The van der Waals surface area contributed by atoms with Crippen molar-refractivity contribution >= 4 is 17.9 Å². The first kappa shape index (κ1) is 27.5. The molecule has 0 fully saturated rings. The van der Waals surface area contributed by atoms with Crippen LogP contribution in [0.3, 0.4) is 0 Å². The Kier molecular flexibility index (Phi) is 9.30. The number of nitrogens with zero attached hydrogens (tertiary/aromatic N) is 1. The van der Waals surface area contributed by atoms with E-state index in [1.807, 2.05) is 65.8 Å². The Hall–Kier alpha value is -2.57. The molecule has 7 heteroatoms. The number of hydrogen-bond acceptors (Lipinski definition) is 4. The molecule has 0 aliphatic heterocycles. The summed E-state index contributed by atoms with van der Waals surface area (Å²) in [5.41, 5.74) is 0.494. The lowest BCUT2D eigenvalue weighted by atomic mass is 9.94. The summed E-state index contributed by atoms with van der Waals surface area (Å²) < 4.78 is 5.37. The molecule has 0 aliphatic carbocycles. The molecule has 1 rings (SSSR count). The Bertz CT molecular complexity index is 808. The largest absolute Gasteiger partial charge is 0.444 e. The first-order chi connectivity index (χ1) is 14.6. The SMILES string of the molecule is CCC(C)C(NC(=O)OC(C)(C)C)C(=O)N(C)C(C(=O)NC(C)(C)C)c1ccccc1C. The van der Waals surface area contributed by atoms with E-state index in [1.165, 1.54) is 4.90 Å². The van der Waals surface area contributed by atoms with Gasteiger partial charge in [0.15, 0.2) is 0 Å². The Morgan fingerprint density at radius 1 is 1.06 bits per heavy atom. The number of aryl methyl sites for hydroxylation is 1. The molecule has 3 unspecified atom stereocenters. The molecule has 180 valence electrons. The van der Waals surface area contributed by atoms with Gasteiger partial charge in [-0.1, -0.05) is 44.5 Å². The van der Waals surface area contributed by atoms with E-state index in [4.69, 9.17) is 4.74 Å². The summed E-state index contributed by atoms with van der Waals surface area (Å²) in [7, 11) is 1.60. The van der Waals surface area contributed by atoms with Gasteiger partial charge in [-0.3, -0.25) is 9.59 Å². The number of alkyl carbamates (subject to hydrolysis) is 1. The summed E-state index contributed by atoms with van der Waals surface area (Å²) in [6, 6.07) is 5.85. The molecule has 0 saturated heterocycles. The van der Waals surface area contributed by atoms with Crippen LogP contribution in [0.2, 0.25) is 0 Å². The maximum Gasteiger partial charge on any atom is 0.408 e. The summed E-state index contributed by atoms with van der Waals surface area (Å²) in [5.74, 6) is -0.772. The molecule has 3 amide bonds. The van der Waals surface area contributed by atoms with E-state index in [2.05, 4.69) is 10.6 Å². The molecule has 0 aliphatic rings. The van der Waals surface area contributed by atoms with Crippen molar-refractivity contribution in [2.45, 2.75) is 92.0 Å². The van der Waals surface area contributed by atoms with Crippen molar-refractivity contribution in [2.75, 3.05) is 7.05 Å². The molecule has 3 atom stereocenters. The van der Waals surface area contributed by atoms with Crippen molar-refractivity contribution in [1.29, 1.82) is 0 Å². The predicted molar refractivity (Wildman–Crippen MR) is 127 cm³/mol. The fraction of sp³-hybridized carbons (Fsp3) is 0.640. The van der Waals surface area contributed by atoms with Crippen molar-refractivity contribution in [3.63, 3.8) is 0 Å². The molecule has 0 bridgehead atoms. The van der Waals surface area contributed by atoms with Crippen molar-refractivity contribution in [3.05, 3.63) is 35.4 Å².